The van der Waals surface area contributed by atoms with Gasteiger partial charge in [0.05, 0.1) is 6.61 Å². The van der Waals surface area contributed by atoms with Gasteiger partial charge in [-0.2, -0.15) is 0 Å². The lowest BCUT2D eigenvalue weighted by Gasteiger charge is -2.32. The van der Waals surface area contributed by atoms with E-state index in [4.69, 9.17) is 16.3 Å². The molecule has 4 heteroatoms. The lowest BCUT2D eigenvalue weighted by atomic mass is 10.1. The maximum absolute atomic E-state index is 6.23. The maximum atomic E-state index is 6.23. The van der Waals surface area contributed by atoms with Gasteiger partial charge in [0, 0.05) is 43.0 Å². The fourth-order valence-corrected chi connectivity index (χ4v) is 2.42. The van der Waals surface area contributed by atoms with Crippen molar-refractivity contribution in [2.75, 3.05) is 25.2 Å². The number of halogens is 1. The van der Waals surface area contributed by atoms with Crippen LogP contribution >= 0.6 is 11.6 Å². The average molecular weight is 313 g/mol. The first-order valence-corrected chi connectivity index (χ1v) is 8.14. The molecule has 0 spiro atoms. The molecule has 120 valence electrons. The first-order valence-electron chi connectivity index (χ1n) is 7.77. The van der Waals surface area contributed by atoms with Crippen molar-refractivity contribution < 1.29 is 4.74 Å². The van der Waals surface area contributed by atoms with Crippen LogP contribution in [-0.2, 0) is 11.3 Å². The SMILES string of the molecule is CCC(C)N(CCOC)c1cc(Cl)ccc1CNC(C)C. The second kappa shape index (κ2) is 9.29. The fourth-order valence-electron chi connectivity index (χ4n) is 2.26. The Morgan fingerprint density at radius 3 is 2.57 bits per heavy atom. The predicted octanol–water partition coefficient (Wildman–Crippen LogP) is 4.09. The zero-order valence-electron chi connectivity index (χ0n) is 13.9. The molecule has 1 aromatic carbocycles. The van der Waals surface area contributed by atoms with Crippen molar-refractivity contribution in [1.82, 2.24) is 5.32 Å². The summed E-state index contributed by atoms with van der Waals surface area (Å²) in [6, 6.07) is 7.07. The van der Waals surface area contributed by atoms with Crippen LogP contribution in [0.1, 0.15) is 39.7 Å². The van der Waals surface area contributed by atoms with Crippen molar-refractivity contribution in [3.05, 3.63) is 28.8 Å². The summed E-state index contributed by atoms with van der Waals surface area (Å²) in [7, 11) is 1.74. The Kier molecular flexibility index (Phi) is 8.09. The molecular formula is C17H29ClN2O. The molecule has 1 unspecified atom stereocenters. The number of rotatable bonds is 9. The molecule has 0 bridgehead atoms. The smallest absolute Gasteiger partial charge is 0.0637 e. The number of nitrogens with zero attached hydrogens (tertiary/aromatic N) is 1. The quantitative estimate of drug-likeness (QED) is 0.743. The Bertz CT molecular complexity index is 423. The van der Waals surface area contributed by atoms with Crippen LogP contribution in [0.15, 0.2) is 18.2 Å². The van der Waals surface area contributed by atoms with Crippen LogP contribution < -0.4 is 10.2 Å². The van der Waals surface area contributed by atoms with E-state index in [0.29, 0.717) is 18.7 Å². The highest BCUT2D eigenvalue weighted by Gasteiger charge is 2.17. The topological polar surface area (TPSA) is 24.5 Å². The van der Waals surface area contributed by atoms with E-state index in [9.17, 15) is 0 Å². The summed E-state index contributed by atoms with van der Waals surface area (Å²) in [4.78, 5) is 2.40. The minimum atomic E-state index is 0.455. The number of anilines is 1. The van der Waals surface area contributed by atoms with Gasteiger partial charge in [0.2, 0.25) is 0 Å². The molecule has 0 saturated carbocycles. The second-order valence-corrected chi connectivity index (χ2v) is 6.19. The third-order valence-corrected chi connectivity index (χ3v) is 3.95. The van der Waals surface area contributed by atoms with Crippen LogP contribution in [0.3, 0.4) is 0 Å². The van der Waals surface area contributed by atoms with Gasteiger partial charge in [0.1, 0.15) is 0 Å². The van der Waals surface area contributed by atoms with Gasteiger partial charge in [0.25, 0.3) is 0 Å². The van der Waals surface area contributed by atoms with E-state index in [1.54, 1.807) is 7.11 Å². The van der Waals surface area contributed by atoms with Crippen LogP contribution in [0.2, 0.25) is 5.02 Å². The molecule has 1 N–H and O–H groups in total. The number of nitrogens with one attached hydrogen (secondary N) is 1. The highest BCUT2D eigenvalue weighted by molar-refractivity contribution is 6.30. The summed E-state index contributed by atoms with van der Waals surface area (Å²) in [5.41, 5.74) is 2.49. The van der Waals surface area contributed by atoms with E-state index in [1.165, 1.54) is 11.3 Å². The van der Waals surface area contributed by atoms with Gasteiger partial charge in [-0.15, -0.1) is 0 Å². The molecule has 1 atom stereocenters. The largest absolute Gasteiger partial charge is 0.383 e. The van der Waals surface area contributed by atoms with Crippen LogP contribution in [-0.4, -0.2) is 32.3 Å². The molecule has 21 heavy (non-hydrogen) atoms. The monoisotopic (exact) mass is 312 g/mol. The van der Waals surface area contributed by atoms with Crippen molar-refractivity contribution in [2.24, 2.45) is 0 Å². The number of benzene rings is 1. The first kappa shape index (κ1) is 18.3. The molecule has 0 amide bonds. The fraction of sp³-hybridized carbons (Fsp3) is 0.647. The Hall–Kier alpha value is -0.770. The van der Waals surface area contributed by atoms with Crippen molar-refractivity contribution in [3.8, 4) is 0 Å². The maximum Gasteiger partial charge on any atom is 0.0637 e. The van der Waals surface area contributed by atoms with Crippen LogP contribution in [0.5, 0.6) is 0 Å². The number of methoxy groups -OCH3 is 1. The van der Waals surface area contributed by atoms with Gasteiger partial charge in [-0.3, -0.25) is 0 Å². The van der Waals surface area contributed by atoms with Crippen molar-refractivity contribution in [3.63, 3.8) is 0 Å². The molecule has 0 radical (unpaired) electrons. The number of hydrogen-bond donors (Lipinski definition) is 1. The van der Waals surface area contributed by atoms with Gasteiger partial charge in [0.15, 0.2) is 0 Å². The Morgan fingerprint density at radius 2 is 2.00 bits per heavy atom. The molecule has 0 saturated heterocycles. The van der Waals surface area contributed by atoms with Gasteiger partial charge < -0.3 is 15.0 Å². The first-order chi connectivity index (χ1) is 9.99. The number of ether oxygens (including phenoxy) is 1. The Balaban J connectivity index is 3.05. The van der Waals surface area contributed by atoms with Crippen LogP contribution in [0, 0.1) is 0 Å². The van der Waals surface area contributed by atoms with Crippen molar-refractivity contribution in [1.29, 1.82) is 0 Å². The van der Waals surface area contributed by atoms with Gasteiger partial charge >= 0.3 is 0 Å². The molecule has 0 aliphatic rings. The summed E-state index contributed by atoms with van der Waals surface area (Å²) >= 11 is 6.23. The summed E-state index contributed by atoms with van der Waals surface area (Å²) in [5.74, 6) is 0. The molecule has 0 aliphatic carbocycles. The zero-order valence-corrected chi connectivity index (χ0v) is 14.7. The van der Waals surface area contributed by atoms with Gasteiger partial charge in [-0.25, -0.2) is 0 Å². The predicted molar refractivity (Wildman–Crippen MR) is 92.4 cm³/mol. The lowest BCUT2D eigenvalue weighted by molar-refractivity contribution is 0.203. The molecule has 0 fully saturated rings. The summed E-state index contributed by atoms with van der Waals surface area (Å²) in [6.07, 6.45) is 1.09. The van der Waals surface area contributed by atoms with E-state index < -0.39 is 0 Å². The van der Waals surface area contributed by atoms with Crippen molar-refractivity contribution >= 4 is 17.3 Å². The van der Waals surface area contributed by atoms with E-state index in [-0.39, 0.29) is 0 Å². The average Bonchev–Trinajstić information content (AvgIpc) is 2.46. The third kappa shape index (κ3) is 5.85. The molecule has 3 nitrogen and oxygen atoms in total. The minimum absolute atomic E-state index is 0.455. The molecule has 1 aromatic rings. The summed E-state index contributed by atoms with van der Waals surface area (Å²) in [6.45, 7) is 11.2. The summed E-state index contributed by atoms with van der Waals surface area (Å²) < 4.78 is 5.27. The van der Waals surface area contributed by atoms with Gasteiger partial charge in [-0.05, 0) is 31.0 Å². The molecule has 0 aliphatic heterocycles. The normalized spacial score (nSPS) is 12.7. The van der Waals surface area contributed by atoms with E-state index in [1.807, 2.05) is 6.07 Å². The standard InChI is InChI=1S/C17H29ClN2O/c1-6-14(4)20(9-10-21-5)17-11-16(18)8-7-15(17)12-19-13(2)3/h7-8,11,13-14,19H,6,9-10,12H2,1-5H3. The Labute approximate surface area is 134 Å². The van der Waals surface area contributed by atoms with E-state index in [2.05, 4.69) is 50.0 Å². The Morgan fingerprint density at radius 1 is 1.29 bits per heavy atom. The highest BCUT2D eigenvalue weighted by atomic mass is 35.5. The minimum Gasteiger partial charge on any atom is -0.383 e. The van der Waals surface area contributed by atoms with E-state index in [0.717, 1.165) is 24.5 Å². The van der Waals surface area contributed by atoms with Crippen LogP contribution in [0.4, 0.5) is 5.69 Å². The highest BCUT2D eigenvalue weighted by Crippen LogP contribution is 2.27. The third-order valence-electron chi connectivity index (χ3n) is 3.72. The number of hydrogen-bond acceptors (Lipinski definition) is 3. The molecule has 0 aromatic heterocycles. The summed E-state index contributed by atoms with van der Waals surface area (Å²) in [5, 5.41) is 4.27. The van der Waals surface area contributed by atoms with Gasteiger partial charge in [-0.1, -0.05) is 38.4 Å². The van der Waals surface area contributed by atoms with Crippen molar-refractivity contribution in [2.45, 2.75) is 52.7 Å². The second-order valence-electron chi connectivity index (χ2n) is 5.75. The molecule has 0 heterocycles. The van der Waals surface area contributed by atoms with E-state index >= 15 is 0 Å². The zero-order chi connectivity index (χ0) is 15.8. The molecular weight excluding hydrogens is 284 g/mol. The molecule has 1 rings (SSSR count). The van der Waals surface area contributed by atoms with Crippen LogP contribution in [0.25, 0.3) is 0 Å². The lowest BCUT2D eigenvalue weighted by Crippen LogP contribution is -2.36.